The molecule has 27 heavy (non-hydrogen) atoms. The Balaban J connectivity index is 1.58. The Morgan fingerprint density at radius 1 is 1.30 bits per heavy atom. The highest BCUT2D eigenvalue weighted by Crippen LogP contribution is 2.19. The van der Waals surface area contributed by atoms with Gasteiger partial charge in [0.15, 0.2) is 11.7 Å². The summed E-state index contributed by atoms with van der Waals surface area (Å²) in [6, 6.07) is 6.76. The van der Waals surface area contributed by atoms with E-state index < -0.39 is 0 Å². The minimum Gasteiger partial charge on any atom is -0.361 e. The summed E-state index contributed by atoms with van der Waals surface area (Å²) in [6.45, 7) is 8.10. The summed E-state index contributed by atoms with van der Waals surface area (Å²) in [5.74, 6) is 1.58. The molecule has 144 valence electrons. The molecule has 3 aromatic rings. The van der Waals surface area contributed by atoms with E-state index in [2.05, 4.69) is 39.6 Å². The molecule has 0 fully saturated rings. The second kappa shape index (κ2) is 8.70. The third-order valence-corrected chi connectivity index (χ3v) is 4.32. The summed E-state index contributed by atoms with van der Waals surface area (Å²) in [4.78, 5) is 7.67. The lowest BCUT2D eigenvalue weighted by Gasteiger charge is -2.10. The number of fused-ring (bicyclic) bond motifs is 1. The van der Waals surface area contributed by atoms with Crippen LogP contribution in [0.5, 0.6) is 0 Å². The number of hydrogen-bond acceptors (Lipinski definition) is 3. The Bertz CT molecular complexity index is 912. The molecule has 6 nitrogen and oxygen atoms in total. The van der Waals surface area contributed by atoms with Crippen molar-refractivity contribution >= 4 is 16.9 Å². The van der Waals surface area contributed by atoms with Gasteiger partial charge in [-0.25, -0.2) is 9.38 Å². The van der Waals surface area contributed by atoms with E-state index in [0.717, 1.165) is 46.8 Å². The fraction of sp³-hybridized carbons (Fsp3) is 0.400. The molecule has 2 heterocycles. The summed E-state index contributed by atoms with van der Waals surface area (Å²) < 4.78 is 18.6. The molecule has 0 aliphatic rings. The molecule has 0 amide bonds. The Labute approximate surface area is 158 Å². The Morgan fingerprint density at radius 3 is 2.89 bits per heavy atom. The van der Waals surface area contributed by atoms with Gasteiger partial charge in [0, 0.05) is 36.3 Å². The van der Waals surface area contributed by atoms with Gasteiger partial charge in [-0.05, 0) is 43.0 Å². The molecule has 3 rings (SSSR count). The fourth-order valence-electron chi connectivity index (χ4n) is 2.86. The largest absolute Gasteiger partial charge is 0.361 e. The van der Waals surface area contributed by atoms with E-state index in [-0.39, 0.29) is 5.82 Å². The van der Waals surface area contributed by atoms with Crippen molar-refractivity contribution < 1.29 is 8.91 Å². The monoisotopic (exact) mass is 371 g/mol. The van der Waals surface area contributed by atoms with Crippen LogP contribution in [0.25, 0.3) is 10.9 Å². The molecule has 7 heteroatoms. The minimum absolute atomic E-state index is 0.233. The Morgan fingerprint density at radius 2 is 2.15 bits per heavy atom. The molecule has 0 saturated carbocycles. The van der Waals surface area contributed by atoms with Gasteiger partial charge in [-0.1, -0.05) is 19.0 Å². The molecule has 0 saturated heterocycles. The SMILES string of the molecule is CCNC(=NCc1cc(C(C)C)no1)NCCc1c[nH]c2cc(F)ccc12. The smallest absolute Gasteiger partial charge is 0.191 e. The van der Waals surface area contributed by atoms with Crippen LogP contribution < -0.4 is 10.6 Å². The number of H-pyrrole nitrogens is 1. The van der Waals surface area contributed by atoms with Gasteiger partial charge < -0.3 is 20.1 Å². The first-order valence-electron chi connectivity index (χ1n) is 9.30. The molecule has 0 atom stereocenters. The first kappa shape index (κ1) is 18.9. The van der Waals surface area contributed by atoms with Crippen molar-refractivity contribution in [1.82, 2.24) is 20.8 Å². The number of hydrogen-bond donors (Lipinski definition) is 3. The predicted octanol–water partition coefficient (Wildman–Crippen LogP) is 3.72. The van der Waals surface area contributed by atoms with Crippen LogP contribution in [0.15, 0.2) is 40.0 Å². The maximum atomic E-state index is 13.3. The molecule has 2 aromatic heterocycles. The third kappa shape index (κ3) is 4.87. The lowest BCUT2D eigenvalue weighted by Crippen LogP contribution is -2.38. The van der Waals surface area contributed by atoms with Gasteiger partial charge in [0.2, 0.25) is 0 Å². The molecule has 0 bridgehead atoms. The second-order valence-electron chi connectivity index (χ2n) is 6.75. The summed E-state index contributed by atoms with van der Waals surface area (Å²) in [7, 11) is 0. The van der Waals surface area contributed by atoms with Crippen LogP contribution in [0.3, 0.4) is 0 Å². The number of nitrogens with one attached hydrogen (secondary N) is 3. The van der Waals surface area contributed by atoms with Crippen molar-refractivity contribution in [3.05, 3.63) is 53.3 Å². The van der Waals surface area contributed by atoms with E-state index in [1.165, 1.54) is 12.1 Å². The average molecular weight is 371 g/mol. The molecule has 3 N–H and O–H groups in total. The number of aromatic nitrogens is 2. The van der Waals surface area contributed by atoms with Crippen molar-refractivity contribution in [1.29, 1.82) is 0 Å². The molecule has 0 unspecified atom stereocenters. The summed E-state index contributed by atoms with van der Waals surface area (Å²) >= 11 is 0. The number of guanidine groups is 1. The van der Waals surface area contributed by atoms with Crippen LogP contribution >= 0.6 is 0 Å². The quantitative estimate of drug-likeness (QED) is 0.437. The van der Waals surface area contributed by atoms with Crippen LogP contribution in [-0.4, -0.2) is 29.2 Å². The lowest BCUT2D eigenvalue weighted by molar-refractivity contribution is 0.376. The Kier molecular flexibility index (Phi) is 6.11. The summed E-state index contributed by atoms with van der Waals surface area (Å²) in [5.41, 5.74) is 2.90. The van der Waals surface area contributed by atoms with Crippen molar-refractivity contribution in [3.63, 3.8) is 0 Å². The molecular weight excluding hydrogens is 345 g/mol. The van der Waals surface area contributed by atoms with E-state index in [9.17, 15) is 4.39 Å². The zero-order valence-electron chi connectivity index (χ0n) is 16.0. The molecule has 0 radical (unpaired) electrons. The van der Waals surface area contributed by atoms with Crippen molar-refractivity contribution in [2.45, 2.75) is 39.7 Å². The Hall–Kier alpha value is -2.83. The first-order valence-corrected chi connectivity index (χ1v) is 9.30. The second-order valence-corrected chi connectivity index (χ2v) is 6.75. The highest BCUT2D eigenvalue weighted by molar-refractivity contribution is 5.83. The predicted molar refractivity (Wildman–Crippen MR) is 105 cm³/mol. The van der Waals surface area contributed by atoms with Crippen LogP contribution in [0, 0.1) is 5.82 Å². The van der Waals surface area contributed by atoms with Crippen LogP contribution in [0.4, 0.5) is 4.39 Å². The average Bonchev–Trinajstić information content (AvgIpc) is 3.26. The normalized spacial score (nSPS) is 12.1. The van der Waals surface area contributed by atoms with Gasteiger partial charge in [0.05, 0.1) is 5.69 Å². The van der Waals surface area contributed by atoms with E-state index >= 15 is 0 Å². The minimum atomic E-state index is -0.233. The van der Waals surface area contributed by atoms with Gasteiger partial charge in [-0.15, -0.1) is 0 Å². The number of halogens is 1. The van der Waals surface area contributed by atoms with E-state index in [4.69, 9.17) is 4.52 Å². The lowest BCUT2D eigenvalue weighted by atomic mass is 10.1. The number of aromatic amines is 1. The van der Waals surface area contributed by atoms with Crippen LogP contribution in [0.2, 0.25) is 0 Å². The van der Waals surface area contributed by atoms with Gasteiger partial charge >= 0.3 is 0 Å². The van der Waals surface area contributed by atoms with E-state index in [0.29, 0.717) is 19.0 Å². The zero-order chi connectivity index (χ0) is 19.2. The van der Waals surface area contributed by atoms with Crippen molar-refractivity contribution in [2.75, 3.05) is 13.1 Å². The van der Waals surface area contributed by atoms with E-state index in [1.54, 1.807) is 0 Å². The van der Waals surface area contributed by atoms with Gasteiger partial charge in [-0.2, -0.15) is 0 Å². The molecule has 0 aliphatic carbocycles. The summed E-state index contributed by atoms with van der Waals surface area (Å²) in [6.07, 6.45) is 2.73. The van der Waals surface area contributed by atoms with Gasteiger partial charge in [-0.3, -0.25) is 0 Å². The zero-order valence-corrected chi connectivity index (χ0v) is 16.0. The maximum absolute atomic E-state index is 13.3. The number of aliphatic imine (C=N–C) groups is 1. The molecule has 0 aliphatic heterocycles. The molecular formula is C20H26FN5O. The van der Waals surface area contributed by atoms with Crippen LogP contribution in [0.1, 0.15) is 43.7 Å². The molecule has 1 aromatic carbocycles. The standard InChI is InChI=1S/C20H26FN5O/c1-4-22-20(25-12-16-10-18(13(2)3)26-27-16)23-8-7-14-11-24-19-9-15(21)5-6-17(14)19/h5-6,9-11,13,24H,4,7-8,12H2,1-3H3,(H2,22,23,25). The van der Waals surface area contributed by atoms with Crippen molar-refractivity contribution in [3.8, 4) is 0 Å². The topological polar surface area (TPSA) is 78.2 Å². The summed E-state index contributed by atoms with van der Waals surface area (Å²) in [5, 5.41) is 11.7. The highest BCUT2D eigenvalue weighted by Gasteiger charge is 2.08. The highest BCUT2D eigenvalue weighted by atomic mass is 19.1. The van der Waals surface area contributed by atoms with Crippen LogP contribution in [-0.2, 0) is 13.0 Å². The fourth-order valence-corrected chi connectivity index (χ4v) is 2.86. The van der Waals surface area contributed by atoms with Crippen molar-refractivity contribution in [2.24, 2.45) is 4.99 Å². The number of nitrogens with zero attached hydrogens (tertiary/aromatic N) is 2. The van der Waals surface area contributed by atoms with E-state index in [1.807, 2.05) is 25.3 Å². The number of benzene rings is 1. The maximum Gasteiger partial charge on any atom is 0.191 e. The number of rotatable bonds is 7. The molecule has 0 spiro atoms. The van der Waals surface area contributed by atoms with Gasteiger partial charge in [0.25, 0.3) is 0 Å². The third-order valence-electron chi connectivity index (χ3n) is 4.32. The first-order chi connectivity index (χ1) is 13.1. The van der Waals surface area contributed by atoms with Gasteiger partial charge in [0.1, 0.15) is 12.4 Å².